The number of hydrogen-bond acceptors (Lipinski definition) is 19. The number of nitriles is 6. The number of hydrogen-bond donors (Lipinski definition) is 0. The second-order valence-corrected chi connectivity index (χ2v) is 17.6. The van der Waals surface area contributed by atoms with E-state index in [-0.39, 0.29) is 0 Å². The lowest BCUT2D eigenvalue weighted by atomic mass is 10.3. The van der Waals surface area contributed by atoms with Crippen LogP contribution in [0.15, 0.2) is 0 Å². The zero-order valence-corrected chi connectivity index (χ0v) is 45.1. The van der Waals surface area contributed by atoms with Gasteiger partial charge in [-0.25, -0.2) is 0 Å². The molecule has 0 aliphatic heterocycles. The summed E-state index contributed by atoms with van der Waals surface area (Å²) in [6.45, 7) is 21.9. The van der Waals surface area contributed by atoms with Gasteiger partial charge in [0.1, 0.15) is 0 Å². The van der Waals surface area contributed by atoms with E-state index in [0.717, 1.165) is 156 Å². The number of rotatable bonds is 60. The fourth-order valence-electron chi connectivity index (χ4n) is 7.65. The summed E-state index contributed by atoms with van der Waals surface area (Å²) in [5.74, 6) is 0. The Morgan fingerprint density at radius 1 is 0.178 bits per heavy atom. The van der Waals surface area contributed by atoms with Crippen molar-refractivity contribution in [2.24, 2.45) is 0 Å². The largest absolute Gasteiger partial charge is 0.381 e. The summed E-state index contributed by atoms with van der Waals surface area (Å²) in [6, 6.07) is 12.7. The van der Waals surface area contributed by atoms with E-state index in [4.69, 9.17) is 74.2 Å². The van der Waals surface area contributed by atoms with Crippen molar-refractivity contribution in [1.29, 1.82) is 31.6 Å². The molecule has 0 fully saturated rings. The normalized spacial score (nSPS) is 11.3. The molecule has 0 radical (unpaired) electrons. The molecular formula is C54H96N10O9. The molecule has 0 bridgehead atoms. The van der Waals surface area contributed by atoms with Crippen LogP contribution in [0, 0.1) is 68.0 Å². The molecule has 0 saturated carbocycles. The predicted octanol–water partition coefficient (Wildman–Crippen LogP) is 6.51. The molecule has 0 amide bonds. The van der Waals surface area contributed by atoms with Crippen molar-refractivity contribution in [3.8, 4) is 36.4 Å². The Kier molecular flexibility index (Phi) is 58.0. The molecule has 0 aromatic heterocycles. The molecule has 0 N–H and O–H groups in total. The van der Waals surface area contributed by atoms with Crippen molar-refractivity contribution in [3.05, 3.63) is 0 Å². The first kappa shape index (κ1) is 69.4. The van der Waals surface area contributed by atoms with E-state index < -0.39 is 0 Å². The van der Waals surface area contributed by atoms with Gasteiger partial charge in [0, 0.05) is 158 Å². The van der Waals surface area contributed by atoms with Crippen molar-refractivity contribution in [2.45, 2.75) is 116 Å². The monoisotopic (exact) mass is 1030 g/mol. The van der Waals surface area contributed by atoms with Gasteiger partial charge in [-0.15, -0.1) is 0 Å². The molecule has 0 saturated heterocycles. The molecular weight excluding hydrogens is 933 g/mol. The molecule has 416 valence electrons. The van der Waals surface area contributed by atoms with Crippen LogP contribution in [0.3, 0.4) is 0 Å². The van der Waals surface area contributed by atoms with E-state index in [9.17, 15) is 0 Å². The van der Waals surface area contributed by atoms with Crippen LogP contribution in [0.5, 0.6) is 0 Å². The van der Waals surface area contributed by atoms with Crippen LogP contribution in [0.4, 0.5) is 0 Å². The average molecular weight is 1030 g/mol. The van der Waals surface area contributed by atoms with Gasteiger partial charge >= 0.3 is 0 Å². The van der Waals surface area contributed by atoms with Crippen molar-refractivity contribution in [1.82, 2.24) is 19.6 Å². The lowest BCUT2D eigenvalue weighted by Crippen LogP contribution is -2.31. The molecule has 19 heteroatoms. The van der Waals surface area contributed by atoms with Crippen molar-refractivity contribution < 1.29 is 42.6 Å². The maximum Gasteiger partial charge on any atom is 0.0645 e. The lowest BCUT2D eigenvalue weighted by Gasteiger charge is -2.24. The smallest absolute Gasteiger partial charge is 0.0645 e. The van der Waals surface area contributed by atoms with Gasteiger partial charge in [-0.05, 0) is 77.0 Å². The SMILES string of the molecule is N#CCCOCCCN(CCCOCCC#N)CCCOCCCN(CCCOCCCN(CCCOCCC#N)CCCOCCC#N)CCCOCCCN(CCCOCCC#N)CCCOCCC#N. The molecule has 0 atom stereocenters. The van der Waals surface area contributed by atoms with E-state index in [0.29, 0.717) is 157 Å². The van der Waals surface area contributed by atoms with E-state index >= 15 is 0 Å². The molecule has 0 unspecified atom stereocenters. The van der Waals surface area contributed by atoms with Crippen LogP contribution < -0.4 is 0 Å². The fraction of sp³-hybridized carbons (Fsp3) is 0.889. The molecule has 0 aliphatic rings. The highest BCUT2D eigenvalue weighted by molar-refractivity contribution is 4.71. The van der Waals surface area contributed by atoms with E-state index in [1.807, 2.05) is 0 Å². The van der Waals surface area contributed by atoms with Crippen LogP contribution in [-0.2, 0) is 42.6 Å². The highest BCUT2D eigenvalue weighted by atomic mass is 16.5. The number of nitrogens with zero attached hydrogens (tertiary/aromatic N) is 10. The summed E-state index contributed by atoms with van der Waals surface area (Å²) in [6.07, 6.45) is 13.5. The molecule has 0 aromatic carbocycles. The van der Waals surface area contributed by atoms with E-state index in [1.54, 1.807) is 0 Å². The fourth-order valence-corrected chi connectivity index (χ4v) is 7.65. The minimum atomic E-state index is 0.410. The summed E-state index contributed by atoms with van der Waals surface area (Å²) < 4.78 is 52.0. The van der Waals surface area contributed by atoms with Gasteiger partial charge in [0.15, 0.2) is 0 Å². The zero-order chi connectivity index (χ0) is 52.9. The maximum atomic E-state index is 8.77. The second kappa shape index (κ2) is 61.0. The van der Waals surface area contributed by atoms with Gasteiger partial charge < -0.3 is 62.2 Å². The Balaban J connectivity index is 5.04. The van der Waals surface area contributed by atoms with Gasteiger partial charge in [-0.3, -0.25) is 0 Å². The van der Waals surface area contributed by atoms with Crippen LogP contribution in [0.1, 0.15) is 116 Å². The maximum absolute atomic E-state index is 8.77. The summed E-state index contributed by atoms with van der Waals surface area (Å²) >= 11 is 0. The Morgan fingerprint density at radius 3 is 0.397 bits per heavy atom. The van der Waals surface area contributed by atoms with Crippen molar-refractivity contribution in [3.63, 3.8) is 0 Å². The van der Waals surface area contributed by atoms with Crippen molar-refractivity contribution >= 4 is 0 Å². The summed E-state index contributed by atoms with van der Waals surface area (Å²) in [5, 5.41) is 52.6. The summed E-state index contributed by atoms with van der Waals surface area (Å²) in [5.41, 5.74) is 0. The van der Waals surface area contributed by atoms with E-state index in [2.05, 4.69) is 56.0 Å². The average Bonchev–Trinajstić information content (AvgIpc) is 3.40. The van der Waals surface area contributed by atoms with Crippen LogP contribution >= 0.6 is 0 Å². The lowest BCUT2D eigenvalue weighted by molar-refractivity contribution is 0.0835. The molecule has 0 spiro atoms. The quantitative estimate of drug-likeness (QED) is 0.0590. The minimum Gasteiger partial charge on any atom is -0.381 e. The topological polar surface area (TPSA) is 239 Å². The second-order valence-electron chi connectivity index (χ2n) is 17.6. The van der Waals surface area contributed by atoms with Gasteiger partial charge in [0.05, 0.1) is 115 Å². The minimum absolute atomic E-state index is 0.410. The molecule has 19 nitrogen and oxygen atoms in total. The third-order valence-electron chi connectivity index (χ3n) is 11.3. The Labute approximate surface area is 441 Å². The number of ether oxygens (including phenoxy) is 9. The van der Waals surface area contributed by atoms with Crippen LogP contribution in [-0.4, -0.2) is 217 Å². The van der Waals surface area contributed by atoms with Gasteiger partial charge in [-0.1, -0.05) is 0 Å². The predicted molar refractivity (Wildman–Crippen MR) is 280 cm³/mol. The van der Waals surface area contributed by atoms with Gasteiger partial charge in [0.2, 0.25) is 0 Å². The standard InChI is InChI=1S/C54H96N10O9/c55-19-1-37-65-43-7-25-61(26-8-44-66-38-2-20-56)31-13-49-71-52-16-34-64(35-17-53-72-50-14-32-62(27-9-45-67-39-3-21-57)28-10-46-68-40-4-22-58)36-18-54-73-51-15-33-63(29-11-47-69-41-5-23-59)30-12-48-70-42-6-24-60/h1-18,25-54H2. The van der Waals surface area contributed by atoms with Crippen LogP contribution in [0.25, 0.3) is 0 Å². The summed E-state index contributed by atoms with van der Waals surface area (Å²) in [7, 11) is 0. The molecule has 0 rings (SSSR count). The summed E-state index contributed by atoms with van der Waals surface area (Å²) in [4.78, 5) is 9.78. The van der Waals surface area contributed by atoms with Gasteiger partial charge in [0.25, 0.3) is 0 Å². The Morgan fingerprint density at radius 2 is 0.288 bits per heavy atom. The van der Waals surface area contributed by atoms with E-state index in [1.165, 1.54) is 0 Å². The first-order chi connectivity index (χ1) is 36.1. The highest BCUT2D eigenvalue weighted by Gasteiger charge is 2.10. The van der Waals surface area contributed by atoms with Crippen molar-refractivity contribution in [2.75, 3.05) is 197 Å². The highest BCUT2D eigenvalue weighted by Crippen LogP contribution is 2.05. The Hall–Kier alpha value is -3.58. The molecule has 73 heavy (non-hydrogen) atoms. The first-order valence-corrected chi connectivity index (χ1v) is 27.5. The third kappa shape index (κ3) is 54.5. The molecule has 0 aliphatic carbocycles. The molecule has 0 aromatic rings. The van der Waals surface area contributed by atoms with Crippen LogP contribution in [0.2, 0.25) is 0 Å². The molecule has 0 heterocycles. The zero-order valence-electron chi connectivity index (χ0n) is 45.1. The third-order valence-corrected chi connectivity index (χ3v) is 11.3. The first-order valence-electron chi connectivity index (χ1n) is 27.5. The Bertz CT molecular complexity index is 1190. The van der Waals surface area contributed by atoms with Gasteiger partial charge in [-0.2, -0.15) is 31.6 Å².